The van der Waals surface area contributed by atoms with Gasteiger partial charge in [0.2, 0.25) is 11.8 Å². The second-order valence-electron chi connectivity index (χ2n) is 7.16. The van der Waals surface area contributed by atoms with Gasteiger partial charge < -0.3 is 19.7 Å². The molecule has 0 saturated carbocycles. The van der Waals surface area contributed by atoms with Gasteiger partial charge in [0.1, 0.15) is 12.4 Å². The number of likely N-dealkylation sites (N-methyl/N-ethyl adjacent to an activating group) is 2. The first kappa shape index (κ1) is 21.6. The largest absolute Gasteiger partial charge is 0.486 e. The summed E-state index contributed by atoms with van der Waals surface area (Å²) >= 11 is 0. The maximum atomic E-state index is 13.2. The van der Waals surface area contributed by atoms with Crippen LogP contribution in [0.4, 0.5) is 10.1 Å². The van der Waals surface area contributed by atoms with Crippen LogP contribution in [0.25, 0.3) is 0 Å². The second-order valence-corrected chi connectivity index (χ2v) is 7.16. The fourth-order valence-electron chi connectivity index (χ4n) is 3.20. The maximum Gasteiger partial charge on any atom is 0.238 e. The van der Waals surface area contributed by atoms with Crippen molar-refractivity contribution in [1.82, 2.24) is 9.80 Å². The van der Waals surface area contributed by atoms with Gasteiger partial charge in [0, 0.05) is 12.2 Å². The van der Waals surface area contributed by atoms with Crippen LogP contribution >= 0.6 is 0 Å². The van der Waals surface area contributed by atoms with Gasteiger partial charge in [-0.05, 0) is 44.3 Å². The molecule has 1 atom stereocenters. The first-order valence-electron chi connectivity index (χ1n) is 9.85. The third-order valence-corrected chi connectivity index (χ3v) is 4.65. The summed E-state index contributed by atoms with van der Waals surface area (Å²) in [5.41, 5.74) is 0.379. The maximum absolute atomic E-state index is 13.2. The predicted octanol–water partition coefficient (Wildman–Crippen LogP) is 2.38. The molecule has 0 aromatic heterocycles. The Morgan fingerprint density at radius 2 is 1.90 bits per heavy atom. The van der Waals surface area contributed by atoms with E-state index in [0.29, 0.717) is 36.9 Å². The Kier molecular flexibility index (Phi) is 7.24. The number of carbonyl (C=O) groups excluding carboxylic acids is 2. The Labute approximate surface area is 175 Å². The van der Waals surface area contributed by atoms with E-state index in [1.807, 2.05) is 31.2 Å². The molecule has 3 rings (SSSR count). The smallest absolute Gasteiger partial charge is 0.238 e. The zero-order valence-electron chi connectivity index (χ0n) is 17.1. The van der Waals surface area contributed by atoms with Crippen LogP contribution in [0.15, 0.2) is 48.5 Å². The van der Waals surface area contributed by atoms with Crippen LogP contribution in [0, 0.1) is 5.82 Å². The first-order valence-corrected chi connectivity index (χ1v) is 9.85. The molecule has 2 amide bonds. The van der Waals surface area contributed by atoms with Gasteiger partial charge in [-0.2, -0.15) is 0 Å². The van der Waals surface area contributed by atoms with Crippen molar-refractivity contribution in [2.45, 2.75) is 13.0 Å². The second kappa shape index (κ2) is 10.1. The number of fused-ring (bicyclic) bond motifs is 1. The lowest BCUT2D eigenvalue weighted by Gasteiger charge is -2.31. The van der Waals surface area contributed by atoms with Crippen LogP contribution in [0.1, 0.15) is 6.92 Å². The molecule has 160 valence electrons. The van der Waals surface area contributed by atoms with Gasteiger partial charge in [-0.3, -0.25) is 14.5 Å². The summed E-state index contributed by atoms with van der Waals surface area (Å²) in [5.74, 6) is 0.516. The molecule has 0 fully saturated rings. The van der Waals surface area contributed by atoms with E-state index in [0.717, 1.165) is 0 Å². The molecule has 2 aromatic carbocycles. The zero-order chi connectivity index (χ0) is 21.5. The van der Waals surface area contributed by atoms with Gasteiger partial charge in [-0.15, -0.1) is 0 Å². The topological polar surface area (TPSA) is 71.1 Å². The number of halogens is 1. The monoisotopic (exact) mass is 415 g/mol. The van der Waals surface area contributed by atoms with E-state index in [-0.39, 0.29) is 31.0 Å². The van der Waals surface area contributed by atoms with E-state index in [9.17, 15) is 14.0 Å². The quantitative estimate of drug-likeness (QED) is 0.717. The summed E-state index contributed by atoms with van der Waals surface area (Å²) in [6.45, 7) is 3.26. The van der Waals surface area contributed by atoms with E-state index in [1.54, 1.807) is 22.9 Å². The molecule has 0 bridgehead atoms. The summed E-state index contributed by atoms with van der Waals surface area (Å²) < 4.78 is 24.9. The third kappa shape index (κ3) is 5.93. The fourth-order valence-corrected chi connectivity index (χ4v) is 3.20. The average molecular weight is 415 g/mol. The van der Waals surface area contributed by atoms with Crippen molar-refractivity contribution in [3.05, 3.63) is 54.3 Å². The molecule has 8 heteroatoms. The fraction of sp³-hybridized carbons (Fsp3) is 0.364. The van der Waals surface area contributed by atoms with Crippen molar-refractivity contribution in [3.8, 4) is 11.5 Å². The highest BCUT2D eigenvalue weighted by molar-refractivity contribution is 5.92. The Bertz CT molecular complexity index is 892. The molecule has 0 radical (unpaired) electrons. The molecule has 7 nitrogen and oxygen atoms in total. The van der Waals surface area contributed by atoms with Gasteiger partial charge in [0.05, 0.1) is 19.6 Å². The molecule has 1 aliphatic heterocycles. The molecular formula is C22H26FN3O4. The van der Waals surface area contributed by atoms with Crippen LogP contribution in [0.5, 0.6) is 11.5 Å². The van der Waals surface area contributed by atoms with Crippen LogP contribution in [-0.4, -0.2) is 67.6 Å². The number of hydrogen-bond acceptors (Lipinski definition) is 5. The highest BCUT2D eigenvalue weighted by Crippen LogP contribution is 2.31. The molecule has 2 aromatic rings. The Hall–Kier alpha value is -3.13. The highest BCUT2D eigenvalue weighted by Gasteiger charge is 2.25. The lowest BCUT2D eigenvalue weighted by atomic mass is 10.2. The molecule has 0 aliphatic carbocycles. The van der Waals surface area contributed by atoms with Crippen LogP contribution in [0.2, 0.25) is 0 Å². The molecule has 1 heterocycles. The molecule has 0 saturated heterocycles. The lowest BCUT2D eigenvalue weighted by Crippen LogP contribution is -2.47. The predicted molar refractivity (Wildman–Crippen MR) is 111 cm³/mol. The molecule has 30 heavy (non-hydrogen) atoms. The zero-order valence-corrected chi connectivity index (χ0v) is 17.1. The summed E-state index contributed by atoms with van der Waals surface area (Å²) in [5, 5.41) is 2.62. The minimum Gasteiger partial charge on any atom is -0.486 e. The first-order chi connectivity index (χ1) is 14.4. The Morgan fingerprint density at radius 1 is 1.13 bits per heavy atom. The summed E-state index contributed by atoms with van der Waals surface area (Å²) in [6, 6.07) is 13.1. The molecule has 0 spiro atoms. The Balaban J connectivity index is 1.48. The van der Waals surface area contributed by atoms with Gasteiger partial charge in [-0.1, -0.05) is 18.2 Å². The van der Waals surface area contributed by atoms with Gasteiger partial charge in [0.15, 0.2) is 17.6 Å². The van der Waals surface area contributed by atoms with E-state index in [2.05, 4.69) is 5.32 Å². The number of nitrogens with one attached hydrogen (secondary N) is 1. The van der Waals surface area contributed by atoms with Crippen molar-refractivity contribution in [2.75, 3.05) is 45.2 Å². The Morgan fingerprint density at radius 3 is 2.63 bits per heavy atom. The highest BCUT2D eigenvalue weighted by atomic mass is 19.1. The number of para-hydroxylation sites is 2. The van der Waals surface area contributed by atoms with Gasteiger partial charge >= 0.3 is 0 Å². The van der Waals surface area contributed by atoms with Crippen molar-refractivity contribution in [3.63, 3.8) is 0 Å². The number of amides is 2. The number of nitrogens with zero attached hydrogens (tertiary/aromatic N) is 2. The summed E-state index contributed by atoms with van der Waals surface area (Å²) in [6.07, 6.45) is -0.259. The normalized spacial score (nSPS) is 15.0. The molecular weight excluding hydrogens is 389 g/mol. The number of benzene rings is 2. The van der Waals surface area contributed by atoms with Crippen LogP contribution < -0.4 is 14.8 Å². The molecule has 1 N–H and O–H groups in total. The number of hydrogen-bond donors (Lipinski definition) is 1. The molecule has 0 unspecified atom stereocenters. The lowest BCUT2D eigenvalue weighted by molar-refractivity contribution is -0.133. The van der Waals surface area contributed by atoms with Crippen molar-refractivity contribution < 1.29 is 23.5 Å². The van der Waals surface area contributed by atoms with E-state index >= 15 is 0 Å². The summed E-state index contributed by atoms with van der Waals surface area (Å²) in [4.78, 5) is 28.1. The van der Waals surface area contributed by atoms with E-state index in [4.69, 9.17) is 9.47 Å². The minimum absolute atomic E-state index is 0.0101. The number of rotatable bonds is 8. The third-order valence-electron chi connectivity index (χ3n) is 4.65. The number of anilines is 1. The van der Waals surface area contributed by atoms with Crippen LogP contribution in [-0.2, 0) is 9.59 Å². The van der Waals surface area contributed by atoms with Gasteiger partial charge in [0.25, 0.3) is 0 Å². The number of ether oxygens (including phenoxy) is 2. The average Bonchev–Trinajstić information content (AvgIpc) is 2.71. The van der Waals surface area contributed by atoms with Crippen molar-refractivity contribution >= 4 is 17.5 Å². The van der Waals surface area contributed by atoms with E-state index in [1.165, 1.54) is 18.2 Å². The SMILES string of the molecule is CCN(C[C@@H]1COc2ccccc2O1)C(=O)CN(C)CC(=O)Nc1cccc(F)c1. The summed E-state index contributed by atoms with van der Waals surface area (Å²) in [7, 11) is 1.69. The standard InChI is InChI=1S/C22H26FN3O4/c1-3-26(12-18-15-29-19-9-4-5-10-20(19)30-18)22(28)14-25(2)13-21(27)24-17-8-6-7-16(23)11-17/h4-11,18H,3,12-15H2,1-2H3,(H,24,27)/t18-/m1/s1. The van der Waals surface area contributed by atoms with Crippen LogP contribution in [0.3, 0.4) is 0 Å². The molecule has 1 aliphatic rings. The van der Waals surface area contributed by atoms with Gasteiger partial charge in [-0.25, -0.2) is 4.39 Å². The van der Waals surface area contributed by atoms with E-state index < -0.39 is 5.82 Å². The minimum atomic E-state index is -0.425. The van der Waals surface area contributed by atoms with Crippen molar-refractivity contribution in [2.24, 2.45) is 0 Å². The number of carbonyl (C=O) groups is 2. The van der Waals surface area contributed by atoms with Crippen molar-refractivity contribution in [1.29, 1.82) is 0 Å².